The van der Waals surface area contributed by atoms with Crippen LogP contribution in [0.25, 0.3) is 0 Å². The van der Waals surface area contributed by atoms with Crippen LogP contribution in [0.2, 0.25) is 0 Å². The van der Waals surface area contributed by atoms with Crippen LogP contribution in [-0.2, 0) is 10.3 Å². The maximum Gasteiger partial charge on any atom is 0.114 e. The Morgan fingerprint density at radius 3 is 2.63 bits per heavy atom. The van der Waals surface area contributed by atoms with E-state index in [-0.39, 0.29) is 12.6 Å². The molecule has 1 heterocycles. The van der Waals surface area contributed by atoms with Gasteiger partial charge in [-0.25, -0.2) is 0 Å². The predicted molar refractivity (Wildman–Crippen MR) is 75.8 cm³/mol. The van der Waals surface area contributed by atoms with Gasteiger partial charge in [0.2, 0.25) is 0 Å². The van der Waals surface area contributed by atoms with Crippen LogP contribution in [0.3, 0.4) is 0 Å². The van der Waals surface area contributed by atoms with Gasteiger partial charge in [-0.05, 0) is 26.0 Å². The second-order valence-corrected chi connectivity index (χ2v) is 5.45. The maximum absolute atomic E-state index is 10.8. The molecule has 0 bridgehead atoms. The fourth-order valence-electron chi connectivity index (χ4n) is 2.85. The Hall–Kier alpha value is -0.940. The van der Waals surface area contributed by atoms with Crippen molar-refractivity contribution in [2.75, 3.05) is 26.7 Å². The maximum atomic E-state index is 10.8. The van der Waals surface area contributed by atoms with Crippen molar-refractivity contribution in [2.24, 2.45) is 5.73 Å². The normalized spacial score (nSPS) is 26.6. The van der Waals surface area contributed by atoms with E-state index >= 15 is 0 Å². The Bertz CT molecular complexity index is 398. The van der Waals surface area contributed by atoms with Crippen molar-refractivity contribution in [1.82, 2.24) is 4.90 Å². The molecule has 0 aromatic heterocycles. The molecule has 4 heteroatoms. The molecule has 3 unspecified atom stereocenters. The molecule has 4 nitrogen and oxygen atoms in total. The number of nitrogens with zero attached hydrogens (tertiary/aromatic N) is 1. The molecule has 0 spiro atoms. The van der Waals surface area contributed by atoms with Crippen molar-refractivity contribution in [3.05, 3.63) is 35.9 Å². The summed E-state index contributed by atoms with van der Waals surface area (Å²) in [4.78, 5) is 2.16. The van der Waals surface area contributed by atoms with Crippen LogP contribution in [0.4, 0.5) is 0 Å². The molecule has 19 heavy (non-hydrogen) atoms. The van der Waals surface area contributed by atoms with Crippen molar-refractivity contribution in [1.29, 1.82) is 0 Å². The highest BCUT2D eigenvalue weighted by Gasteiger charge is 2.34. The Morgan fingerprint density at radius 2 is 2.11 bits per heavy atom. The summed E-state index contributed by atoms with van der Waals surface area (Å²) in [6, 6.07) is 10.00. The van der Waals surface area contributed by atoms with E-state index in [1.807, 2.05) is 37.4 Å². The standard InChI is InChI=1S/C15H24N2O2/c1-12-14(8-9-19-12)17(2)11-15(18,10-16)13-6-4-3-5-7-13/h3-7,12,14,18H,8-11,16H2,1-2H3. The fourth-order valence-corrected chi connectivity index (χ4v) is 2.85. The largest absolute Gasteiger partial charge is 0.382 e. The van der Waals surface area contributed by atoms with Crippen LogP contribution < -0.4 is 5.73 Å². The van der Waals surface area contributed by atoms with Crippen LogP contribution in [0, 0.1) is 0 Å². The second kappa shape index (κ2) is 6.01. The van der Waals surface area contributed by atoms with Gasteiger partial charge >= 0.3 is 0 Å². The first-order chi connectivity index (χ1) is 9.07. The summed E-state index contributed by atoms with van der Waals surface area (Å²) < 4.78 is 5.59. The summed E-state index contributed by atoms with van der Waals surface area (Å²) in [7, 11) is 2.03. The summed E-state index contributed by atoms with van der Waals surface area (Å²) in [5.41, 5.74) is 5.68. The summed E-state index contributed by atoms with van der Waals surface area (Å²) in [5, 5.41) is 10.8. The molecule has 1 aromatic rings. The zero-order chi connectivity index (χ0) is 13.9. The SMILES string of the molecule is CC1OCCC1N(C)CC(O)(CN)c1ccccc1. The van der Waals surface area contributed by atoms with Gasteiger partial charge in [-0.1, -0.05) is 30.3 Å². The van der Waals surface area contributed by atoms with Gasteiger partial charge in [-0.2, -0.15) is 0 Å². The molecular formula is C15H24N2O2. The van der Waals surface area contributed by atoms with E-state index in [9.17, 15) is 5.11 Å². The Labute approximate surface area is 115 Å². The van der Waals surface area contributed by atoms with E-state index in [4.69, 9.17) is 10.5 Å². The summed E-state index contributed by atoms with van der Waals surface area (Å²) in [6.45, 7) is 3.61. The molecule has 2 rings (SSSR count). The van der Waals surface area contributed by atoms with Gasteiger partial charge in [-0.15, -0.1) is 0 Å². The van der Waals surface area contributed by atoms with Crippen LogP contribution in [-0.4, -0.2) is 48.9 Å². The van der Waals surface area contributed by atoms with Crippen LogP contribution in [0.15, 0.2) is 30.3 Å². The molecule has 3 atom stereocenters. The first-order valence-corrected chi connectivity index (χ1v) is 6.86. The molecule has 0 radical (unpaired) electrons. The van der Waals surface area contributed by atoms with Crippen LogP contribution in [0.5, 0.6) is 0 Å². The van der Waals surface area contributed by atoms with Gasteiger partial charge in [-0.3, -0.25) is 4.90 Å². The van der Waals surface area contributed by atoms with E-state index < -0.39 is 5.60 Å². The number of benzene rings is 1. The van der Waals surface area contributed by atoms with E-state index in [2.05, 4.69) is 11.8 Å². The molecule has 1 aromatic carbocycles. The number of hydrogen-bond acceptors (Lipinski definition) is 4. The second-order valence-electron chi connectivity index (χ2n) is 5.45. The smallest absolute Gasteiger partial charge is 0.114 e. The molecular weight excluding hydrogens is 240 g/mol. The summed E-state index contributed by atoms with van der Waals surface area (Å²) in [5.74, 6) is 0. The highest BCUT2D eigenvalue weighted by molar-refractivity contribution is 5.23. The molecule has 1 saturated heterocycles. The number of hydrogen-bond donors (Lipinski definition) is 2. The lowest BCUT2D eigenvalue weighted by Crippen LogP contribution is -2.49. The average Bonchev–Trinajstić information content (AvgIpc) is 2.86. The number of rotatable bonds is 5. The molecule has 1 aliphatic rings. The first kappa shape index (κ1) is 14.5. The monoisotopic (exact) mass is 264 g/mol. The van der Waals surface area contributed by atoms with Crippen molar-refractivity contribution < 1.29 is 9.84 Å². The minimum atomic E-state index is -1.00. The quantitative estimate of drug-likeness (QED) is 0.831. The van der Waals surface area contributed by atoms with Crippen molar-refractivity contribution >= 4 is 0 Å². The highest BCUT2D eigenvalue weighted by atomic mass is 16.5. The van der Waals surface area contributed by atoms with Gasteiger partial charge in [0, 0.05) is 25.7 Å². The van der Waals surface area contributed by atoms with Gasteiger partial charge in [0.05, 0.1) is 6.10 Å². The van der Waals surface area contributed by atoms with Gasteiger partial charge in [0.1, 0.15) is 5.60 Å². The molecule has 1 aliphatic heterocycles. The van der Waals surface area contributed by atoms with Gasteiger partial charge in [0.15, 0.2) is 0 Å². The predicted octanol–water partition coefficient (Wildman–Crippen LogP) is 0.942. The zero-order valence-corrected chi connectivity index (χ0v) is 11.7. The van der Waals surface area contributed by atoms with Crippen LogP contribution in [0.1, 0.15) is 18.9 Å². The van der Waals surface area contributed by atoms with Gasteiger partial charge in [0.25, 0.3) is 0 Å². The minimum absolute atomic E-state index is 0.211. The fraction of sp³-hybridized carbons (Fsp3) is 0.600. The average molecular weight is 264 g/mol. The summed E-state index contributed by atoms with van der Waals surface area (Å²) in [6.07, 6.45) is 1.22. The highest BCUT2D eigenvalue weighted by Crippen LogP contribution is 2.25. The lowest BCUT2D eigenvalue weighted by Gasteiger charge is -2.35. The third kappa shape index (κ3) is 3.15. The van der Waals surface area contributed by atoms with Gasteiger partial charge < -0.3 is 15.6 Å². The Kier molecular flexibility index (Phi) is 4.58. The number of aliphatic hydroxyl groups is 1. The van der Waals surface area contributed by atoms with E-state index in [1.54, 1.807) is 0 Å². The molecule has 0 amide bonds. The number of likely N-dealkylation sites (N-methyl/N-ethyl adjacent to an activating group) is 1. The van der Waals surface area contributed by atoms with E-state index in [0.29, 0.717) is 12.6 Å². The molecule has 1 fully saturated rings. The molecule has 0 aliphatic carbocycles. The number of ether oxygens (including phenoxy) is 1. The lowest BCUT2D eigenvalue weighted by atomic mass is 9.92. The Balaban J connectivity index is 2.10. The lowest BCUT2D eigenvalue weighted by molar-refractivity contribution is -0.00780. The van der Waals surface area contributed by atoms with E-state index in [0.717, 1.165) is 18.6 Å². The van der Waals surface area contributed by atoms with Crippen molar-refractivity contribution in [3.63, 3.8) is 0 Å². The molecule has 106 valence electrons. The molecule has 0 saturated carbocycles. The molecule has 3 N–H and O–H groups in total. The summed E-state index contributed by atoms with van der Waals surface area (Å²) >= 11 is 0. The van der Waals surface area contributed by atoms with Crippen molar-refractivity contribution in [2.45, 2.75) is 31.1 Å². The number of nitrogens with two attached hydrogens (primary N) is 1. The minimum Gasteiger partial charge on any atom is -0.382 e. The topological polar surface area (TPSA) is 58.7 Å². The van der Waals surface area contributed by atoms with Crippen LogP contribution >= 0.6 is 0 Å². The zero-order valence-electron chi connectivity index (χ0n) is 11.7. The third-order valence-corrected chi connectivity index (χ3v) is 4.06. The van der Waals surface area contributed by atoms with E-state index in [1.165, 1.54) is 0 Å². The van der Waals surface area contributed by atoms with Crippen molar-refractivity contribution in [3.8, 4) is 0 Å². The Morgan fingerprint density at radius 1 is 1.42 bits per heavy atom. The first-order valence-electron chi connectivity index (χ1n) is 6.86. The third-order valence-electron chi connectivity index (χ3n) is 4.06.